The molecule has 0 saturated heterocycles. The van der Waals surface area contributed by atoms with E-state index in [0.29, 0.717) is 17.5 Å². The van der Waals surface area contributed by atoms with Crippen LogP contribution in [0.25, 0.3) is 117 Å². The number of aromatic nitrogens is 4. The van der Waals surface area contributed by atoms with Crippen LogP contribution in [-0.4, -0.2) is 19.5 Å². The summed E-state index contributed by atoms with van der Waals surface area (Å²) in [6, 6.07) is 76.4. The van der Waals surface area contributed by atoms with E-state index in [9.17, 15) is 0 Å². The maximum absolute atomic E-state index is 6.57. The quantitative estimate of drug-likeness (QED) is 0.161. The van der Waals surface area contributed by atoms with Gasteiger partial charge in [0.05, 0.1) is 11.0 Å². The maximum atomic E-state index is 6.57. The fourth-order valence-corrected chi connectivity index (χ4v) is 8.86. The van der Waals surface area contributed by atoms with Crippen LogP contribution in [0.1, 0.15) is 0 Å². The van der Waals surface area contributed by atoms with Crippen molar-refractivity contribution in [3.63, 3.8) is 0 Å². The van der Waals surface area contributed by atoms with Crippen molar-refractivity contribution in [1.82, 2.24) is 19.5 Å². The Balaban J connectivity index is 1.00. The van der Waals surface area contributed by atoms with Gasteiger partial charge in [-0.15, -0.1) is 0 Å². The first-order chi connectivity index (χ1) is 30.7. The molecular weight excluding hydrogens is 757 g/mol. The van der Waals surface area contributed by atoms with Gasteiger partial charge in [0.15, 0.2) is 17.5 Å². The molecule has 0 saturated carbocycles. The smallest absolute Gasteiger partial charge is 0.164 e. The first-order valence-electron chi connectivity index (χ1n) is 20.8. The Bertz CT molecular complexity index is 3610. The van der Waals surface area contributed by atoms with Crippen molar-refractivity contribution in [2.75, 3.05) is 0 Å². The zero-order valence-electron chi connectivity index (χ0n) is 33.5. The summed E-state index contributed by atoms with van der Waals surface area (Å²) in [5.41, 5.74) is 14.7. The second-order valence-corrected chi connectivity index (χ2v) is 15.6. The Labute approximate surface area is 357 Å². The van der Waals surface area contributed by atoms with Crippen LogP contribution < -0.4 is 0 Å². The molecule has 0 aliphatic rings. The summed E-state index contributed by atoms with van der Waals surface area (Å²) in [6.07, 6.45) is 0. The van der Waals surface area contributed by atoms with Gasteiger partial charge in [0.1, 0.15) is 11.2 Å². The van der Waals surface area contributed by atoms with E-state index >= 15 is 0 Å². The van der Waals surface area contributed by atoms with E-state index in [1.54, 1.807) is 0 Å². The second kappa shape index (κ2) is 14.7. The Kier molecular flexibility index (Phi) is 8.42. The first-order valence-corrected chi connectivity index (χ1v) is 20.8. The van der Waals surface area contributed by atoms with Crippen LogP contribution in [-0.2, 0) is 0 Å². The molecule has 0 spiro atoms. The van der Waals surface area contributed by atoms with Gasteiger partial charge in [0.2, 0.25) is 0 Å². The molecule has 0 aliphatic carbocycles. The number of hydrogen-bond acceptors (Lipinski definition) is 4. The Morgan fingerprint density at radius 3 is 1.56 bits per heavy atom. The highest BCUT2D eigenvalue weighted by Gasteiger charge is 2.20. The van der Waals surface area contributed by atoms with Gasteiger partial charge in [0, 0.05) is 43.9 Å². The van der Waals surface area contributed by atoms with Crippen LogP contribution in [0.5, 0.6) is 0 Å². The van der Waals surface area contributed by atoms with E-state index in [4.69, 9.17) is 19.4 Å². The summed E-state index contributed by atoms with van der Waals surface area (Å²) in [5, 5.41) is 4.35. The van der Waals surface area contributed by atoms with Crippen LogP contribution in [0.3, 0.4) is 0 Å². The predicted octanol–water partition coefficient (Wildman–Crippen LogP) is 14.9. The molecule has 12 aromatic rings. The number of fused-ring (bicyclic) bond motifs is 6. The van der Waals surface area contributed by atoms with Crippen LogP contribution in [0.15, 0.2) is 223 Å². The molecule has 0 atom stereocenters. The standard InChI is InChI=1S/C57H36N4O/c1-4-14-37(15-5-1)39-26-28-41(29-27-39)56-58-55(40-18-8-3-9-19-40)59-57(60-56)47-23-13-25-53-54(47)49-36-45(31-33-52(49)62-53)61-50-24-11-10-22-46(50)48-35-44(30-32-51(48)61)43-21-12-20-42(34-43)38-16-6-2-7-17-38/h1-36H. The lowest BCUT2D eigenvalue weighted by molar-refractivity contribution is 0.669. The molecule has 0 radical (unpaired) electrons. The molecular formula is C57H36N4O. The molecule has 62 heavy (non-hydrogen) atoms. The average molecular weight is 793 g/mol. The minimum atomic E-state index is 0.584. The molecule has 5 nitrogen and oxygen atoms in total. The van der Waals surface area contributed by atoms with Crippen LogP contribution in [0.4, 0.5) is 0 Å². The first kappa shape index (κ1) is 35.5. The lowest BCUT2D eigenvalue weighted by atomic mass is 9.98. The topological polar surface area (TPSA) is 56.7 Å². The van der Waals surface area contributed by atoms with E-state index in [-0.39, 0.29) is 0 Å². The van der Waals surface area contributed by atoms with Gasteiger partial charge < -0.3 is 8.98 Å². The molecule has 0 unspecified atom stereocenters. The number of furan rings is 1. The summed E-state index contributed by atoms with van der Waals surface area (Å²) in [7, 11) is 0. The Hall–Kier alpha value is -8.41. The molecule has 0 aliphatic heterocycles. The molecule has 0 amide bonds. The van der Waals surface area contributed by atoms with Gasteiger partial charge in [0.25, 0.3) is 0 Å². The highest BCUT2D eigenvalue weighted by atomic mass is 16.3. The summed E-state index contributed by atoms with van der Waals surface area (Å²) < 4.78 is 8.94. The van der Waals surface area contributed by atoms with E-state index in [2.05, 4.69) is 174 Å². The van der Waals surface area contributed by atoms with Crippen molar-refractivity contribution in [3.05, 3.63) is 218 Å². The summed E-state index contributed by atoms with van der Waals surface area (Å²) in [6.45, 7) is 0. The van der Waals surface area contributed by atoms with Gasteiger partial charge in [-0.2, -0.15) is 0 Å². The number of benzene rings is 9. The highest BCUT2D eigenvalue weighted by Crippen LogP contribution is 2.40. The van der Waals surface area contributed by atoms with Gasteiger partial charge in [-0.05, 0) is 81.9 Å². The van der Waals surface area contributed by atoms with Crippen LogP contribution in [0.2, 0.25) is 0 Å². The Morgan fingerprint density at radius 1 is 0.306 bits per heavy atom. The predicted molar refractivity (Wildman–Crippen MR) is 254 cm³/mol. The van der Waals surface area contributed by atoms with Gasteiger partial charge in [-0.3, -0.25) is 0 Å². The van der Waals surface area contributed by atoms with E-state index in [1.165, 1.54) is 33.0 Å². The average Bonchev–Trinajstić information content (AvgIpc) is 3.90. The van der Waals surface area contributed by atoms with Crippen molar-refractivity contribution >= 4 is 43.7 Å². The minimum absolute atomic E-state index is 0.584. The van der Waals surface area contributed by atoms with E-state index in [1.807, 2.05) is 48.5 Å². The Morgan fingerprint density at radius 2 is 0.823 bits per heavy atom. The molecule has 3 aromatic heterocycles. The van der Waals surface area contributed by atoms with Crippen molar-refractivity contribution in [2.24, 2.45) is 0 Å². The van der Waals surface area contributed by atoms with Crippen molar-refractivity contribution < 1.29 is 4.42 Å². The molecule has 3 heterocycles. The third kappa shape index (κ3) is 6.14. The number of para-hydroxylation sites is 1. The van der Waals surface area contributed by atoms with E-state index in [0.717, 1.165) is 66.5 Å². The van der Waals surface area contributed by atoms with Crippen molar-refractivity contribution in [3.8, 4) is 73.2 Å². The zero-order valence-corrected chi connectivity index (χ0v) is 33.5. The lowest BCUT2D eigenvalue weighted by Gasteiger charge is -2.11. The zero-order chi connectivity index (χ0) is 41.0. The monoisotopic (exact) mass is 792 g/mol. The van der Waals surface area contributed by atoms with Gasteiger partial charge in [-0.1, -0.05) is 170 Å². The summed E-state index contributed by atoms with van der Waals surface area (Å²) >= 11 is 0. The molecule has 290 valence electrons. The molecule has 0 fully saturated rings. The fourth-order valence-electron chi connectivity index (χ4n) is 8.86. The van der Waals surface area contributed by atoms with Crippen LogP contribution >= 0.6 is 0 Å². The minimum Gasteiger partial charge on any atom is -0.456 e. The number of nitrogens with zero attached hydrogens (tertiary/aromatic N) is 4. The molecule has 12 rings (SSSR count). The number of rotatable bonds is 7. The van der Waals surface area contributed by atoms with Crippen molar-refractivity contribution in [2.45, 2.75) is 0 Å². The largest absolute Gasteiger partial charge is 0.456 e. The molecule has 0 bridgehead atoms. The lowest BCUT2D eigenvalue weighted by Crippen LogP contribution is -2.00. The fraction of sp³-hybridized carbons (Fsp3) is 0. The van der Waals surface area contributed by atoms with Crippen molar-refractivity contribution in [1.29, 1.82) is 0 Å². The second-order valence-electron chi connectivity index (χ2n) is 15.6. The van der Waals surface area contributed by atoms with Crippen LogP contribution in [0, 0.1) is 0 Å². The number of hydrogen-bond donors (Lipinski definition) is 0. The molecule has 9 aromatic carbocycles. The third-order valence-corrected chi connectivity index (χ3v) is 11.9. The molecule has 5 heteroatoms. The highest BCUT2D eigenvalue weighted by molar-refractivity contribution is 6.14. The van der Waals surface area contributed by atoms with E-state index < -0.39 is 0 Å². The molecule has 0 N–H and O–H groups in total. The third-order valence-electron chi connectivity index (χ3n) is 11.9. The van der Waals surface area contributed by atoms with Gasteiger partial charge in [-0.25, -0.2) is 15.0 Å². The summed E-state index contributed by atoms with van der Waals surface area (Å²) in [4.78, 5) is 15.4. The summed E-state index contributed by atoms with van der Waals surface area (Å²) in [5.74, 6) is 1.80. The van der Waals surface area contributed by atoms with Gasteiger partial charge >= 0.3 is 0 Å². The maximum Gasteiger partial charge on any atom is 0.164 e. The SMILES string of the molecule is c1ccc(-c2ccc(-c3nc(-c4ccccc4)nc(-c4cccc5oc6ccc(-n7c8ccccc8c8cc(-c9cccc(-c%10ccccc%10)c9)ccc87)cc6c45)n3)cc2)cc1. The normalized spacial score (nSPS) is 11.5.